The standard InChI is InChI=1S/C18H21N3O2S/c1-19(2)15-6-3-5-14(13-15)17(22)20-8-10-21(11-9-20)18(23)16-7-4-12-24-16/h3-7,12-13H,8-11H2,1-2H3. The van der Waals surface area contributed by atoms with Crippen LogP contribution in [0.25, 0.3) is 0 Å². The van der Waals surface area contributed by atoms with Crippen LogP contribution in [0.2, 0.25) is 0 Å². The van der Waals surface area contributed by atoms with Crippen LogP contribution < -0.4 is 4.90 Å². The van der Waals surface area contributed by atoms with Crippen LogP contribution >= 0.6 is 11.3 Å². The third-order valence-corrected chi connectivity index (χ3v) is 5.05. The lowest BCUT2D eigenvalue weighted by Crippen LogP contribution is -2.50. The fourth-order valence-electron chi connectivity index (χ4n) is 2.77. The van der Waals surface area contributed by atoms with Gasteiger partial charge in [0, 0.05) is 51.5 Å². The number of amides is 2. The quantitative estimate of drug-likeness (QED) is 0.860. The Morgan fingerprint density at radius 2 is 1.62 bits per heavy atom. The highest BCUT2D eigenvalue weighted by Crippen LogP contribution is 2.17. The lowest BCUT2D eigenvalue weighted by Gasteiger charge is -2.34. The summed E-state index contributed by atoms with van der Waals surface area (Å²) in [5.41, 5.74) is 1.70. The number of hydrogen-bond acceptors (Lipinski definition) is 4. The van der Waals surface area contributed by atoms with Crippen molar-refractivity contribution >= 4 is 28.8 Å². The number of anilines is 1. The molecule has 1 aliphatic heterocycles. The maximum Gasteiger partial charge on any atom is 0.264 e. The van der Waals surface area contributed by atoms with E-state index >= 15 is 0 Å². The Bertz CT molecular complexity index is 720. The molecule has 0 spiro atoms. The minimum absolute atomic E-state index is 0.0296. The fourth-order valence-corrected chi connectivity index (χ4v) is 3.46. The minimum atomic E-state index is 0.0296. The molecule has 126 valence electrons. The third-order valence-electron chi connectivity index (χ3n) is 4.20. The predicted molar refractivity (Wildman–Crippen MR) is 96.9 cm³/mol. The Hall–Kier alpha value is -2.34. The molecule has 2 amide bonds. The molecule has 0 saturated carbocycles. The highest BCUT2D eigenvalue weighted by molar-refractivity contribution is 7.12. The number of carbonyl (C=O) groups excluding carboxylic acids is 2. The molecule has 1 fully saturated rings. The molecule has 0 N–H and O–H groups in total. The van der Waals surface area contributed by atoms with E-state index in [-0.39, 0.29) is 11.8 Å². The lowest BCUT2D eigenvalue weighted by molar-refractivity contribution is 0.0538. The van der Waals surface area contributed by atoms with E-state index in [1.165, 1.54) is 11.3 Å². The second-order valence-corrected chi connectivity index (χ2v) is 6.95. The summed E-state index contributed by atoms with van der Waals surface area (Å²) < 4.78 is 0. The number of thiophene rings is 1. The monoisotopic (exact) mass is 343 g/mol. The molecule has 0 radical (unpaired) electrons. The Morgan fingerprint density at radius 1 is 0.958 bits per heavy atom. The minimum Gasteiger partial charge on any atom is -0.378 e. The van der Waals surface area contributed by atoms with Gasteiger partial charge in [-0.25, -0.2) is 0 Å². The SMILES string of the molecule is CN(C)c1cccc(C(=O)N2CCN(C(=O)c3cccs3)CC2)c1. The summed E-state index contributed by atoms with van der Waals surface area (Å²) in [5.74, 6) is 0.0913. The highest BCUT2D eigenvalue weighted by Gasteiger charge is 2.26. The predicted octanol–water partition coefficient (Wildman–Crippen LogP) is 2.41. The molecule has 2 aromatic rings. The van der Waals surface area contributed by atoms with Crippen LogP contribution in [0.3, 0.4) is 0 Å². The van der Waals surface area contributed by atoms with E-state index in [0.29, 0.717) is 31.7 Å². The molecule has 1 saturated heterocycles. The Balaban J connectivity index is 1.63. The Morgan fingerprint density at radius 3 is 2.21 bits per heavy atom. The first kappa shape index (κ1) is 16.5. The molecule has 1 aromatic heterocycles. The van der Waals surface area contributed by atoms with Gasteiger partial charge in [0.2, 0.25) is 0 Å². The molecule has 0 aliphatic carbocycles. The summed E-state index contributed by atoms with van der Waals surface area (Å²) in [4.78, 5) is 31.4. The molecule has 0 bridgehead atoms. The van der Waals surface area contributed by atoms with Crippen molar-refractivity contribution in [3.63, 3.8) is 0 Å². The summed E-state index contributed by atoms with van der Waals surface area (Å²) in [6.45, 7) is 2.30. The molecule has 3 rings (SSSR count). The maximum absolute atomic E-state index is 12.7. The number of piperazine rings is 1. The van der Waals surface area contributed by atoms with Crippen molar-refractivity contribution in [1.82, 2.24) is 9.80 Å². The van der Waals surface area contributed by atoms with Gasteiger partial charge < -0.3 is 14.7 Å². The number of carbonyl (C=O) groups is 2. The van der Waals surface area contributed by atoms with E-state index in [1.54, 1.807) is 0 Å². The zero-order valence-electron chi connectivity index (χ0n) is 13.9. The van der Waals surface area contributed by atoms with Crippen molar-refractivity contribution in [1.29, 1.82) is 0 Å². The fraction of sp³-hybridized carbons (Fsp3) is 0.333. The molecule has 6 heteroatoms. The van der Waals surface area contributed by atoms with Crippen LogP contribution in [0, 0.1) is 0 Å². The molecule has 1 aliphatic rings. The molecule has 24 heavy (non-hydrogen) atoms. The number of hydrogen-bond donors (Lipinski definition) is 0. The van der Waals surface area contributed by atoms with Crippen LogP contribution in [-0.2, 0) is 0 Å². The van der Waals surface area contributed by atoms with Crippen LogP contribution in [-0.4, -0.2) is 61.9 Å². The van der Waals surface area contributed by atoms with E-state index in [4.69, 9.17) is 0 Å². The van der Waals surface area contributed by atoms with Gasteiger partial charge in [0.05, 0.1) is 4.88 Å². The summed E-state index contributed by atoms with van der Waals surface area (Å²) >= 11 is 1.46. The van der Waals surface area contributed by atoms with Crippen molar-refractivity contribution < 1.29 is 9.59 Å². The number of benzene rings is 1. The van der Waals surface area contributed by atoms with Crippen LogP contribution in [0.15, 0.2) is 41.8 Å². The van der Waals surface area contributed by atoms with E-state index in [0.717, 1.165) is 10.6 Å². The average Bonchev–Trinajstić information content (AvgIpc) is 3.15. The van der Waals surface area contributed by atoms with Crippen molar-refractivity contribution in [2.75, 3.05) is 45.2 Å². The second-order valence-electron chi connectivity index (χ2n) is 6.01. The van der Waals surface area contributed by atoms with Crippen molar-refractivity contribution in [2.45, 2.75) is 0 Å². The number of rotatable bonds is 3. The third kappa shape index (κ3) is 3.43. The second kappa shape index (κ2) is 7.05. The first-order valence-electron chi connectivity index (χ1n) is 7.95. The lowest BCUT2D eigenvalue weighted by atomic mass is 10.1. The Labute approximate surface area is 146 Å². The van der Waals surface area contributed by atoms with Gasteiger partial charge in [-0.2, -0.15) is 0 Å². The Kier molecular flexibility index (Phi) is 4.85. The molecule has 2 heterocycles. The van der Waals surface area contributed by atoms with Gasteiger partial charge in [-0.3, -0.25) is 9.59 Å². The summed E-state index contributed by atoms with van der Waals surface area (Å²) in [6, 6.07) is 11.4. The van der Waals surface area contributed by atoms with Crippen molar-refractivity contribution in [2.24, 2.45) is 0 Å². The maximum atomic E-state index is 12.7. The van der Waals surface area contributed by atoms with Crippen LogP contribution in [0.5, 0.6) is 0 Å². The first-order valence-corrected chi connectivity index (χ1v) is 8.83. The van der Waals surface area contributed by atoms with E-state index in [2.05, 4.69) is 0 Å². The van der Waals surface area contributed by atoms with Gasteiger partial charge in [0.25, 0.3) is 11.8 Å². The topological polar surface area (TPSA) is 43.9 Å². The van der Waals surface area contributed by atoms with Crippen LogP contribution in [0.4, 0.5) is 5.69 Å². The van der Waals surface area contributed by atoms with Gasteiger partial charge in [-0.1, -0.05) is 12.1 Å². The zero-order chi connectivity index (χ0) is 17.1. The molecule has 0 unspecified atom stereocenters. The van der Waals surface area contributed by atoms with Crippen molar-refractivity contribution in [3.05, 3.63) is 52.2 Å². The van der Waals surface area contributed by atoms with Crippen molar-refractivity contribution in [3.8, 4) is 0 Å². The van der Waals surface area contributed by atoms with Gasteiger partial charge in [-0.05, 0) is 29.6 Å². The normalized spacial score (nSPS) is 14.6. The first-order chi connectivity index (χ1) is 11.6. The molecule has 0 atom stereocenters. The smallest absolute Gasteiger partial charge is 0.264 e. The largest absolute Gasteiger partial charge is 0.378 e. The van der Waals surface area contributed by atoms with Gasteiger partial charge in [0.15, 0.2) is 0 Å². The summed E-state index contributed by atoms with van der Waals surface area (Å²) in [7, 11) is 3.91. The highest BCUT2D eigenvalue weighted by atomic mass is 32.1. The summed E-state index contributed by atoms with van der Waals surface area (Å²) in [5, 5.41) is 1.91. The average molecular weight is 343 g/mol. The van der Waals surface area contributed by atoms with Gasteiger partial charge in [0.1, 0.15) is 0 Å². The van der Waals surface area contributed by atoms with Gasteiger partial charge in [-0.15, -0.1) is 11.3 Å². The van der Waals surface area contributed by atoms with Crippen LogP contribution in [0.1, 0.15) is 20.0 Å². The summed E-state index contributed by atoms with van der Waals surface area (Å²) in [6.07, 6.45) is 0. The zero-order valence-corrected chi connectivity index (χ0v) is 14.8. The molecular weight excluding hydrogens is 322 g/mol. The van der Waals surface area contributed by atoms with E-state index in [1.807, 2.05) is 70.6 Å². The number of nitrogens with zero attached hydrogens (tertiary/aromatic N) is 3. The van der Waals surface area contributed by atoms with E-state index in [9.17, 15) is 9.59 Å². The molecular formula is C18H21N3O2S. The van der Waals surface area contributed by atoms with Gasteiger partial charge >= 0.3 is 0 Å². The van der Waals surface area contributed by atoms with E-state index < -0.39 is 0 Å². The molecule has 5 nitrogen and oxygen atoms in total. The molecule has 1 aromatic carbocycles.